The van der Waals surface area contributed by atoms with Crippen LogP contribution in [0.5, 0.6) is 5.75 Å². The highest BCUT2D eigenvalue weighted by Gasteiger charge is 2.32. The normalized spacial score (nSPS) is 11.2. The lowest BCUT2D eigenvalue weighted by molar-refractivity contribution is -0.141. The van der Waals surface area contributed by atoms with Crippen LogP contribution in [0.2, 0.25) is 0 Å². The third kappa shape index (κ3) is 3.72. The SMILES string of the molecule is O=C(Nc1ccc(C(F)(F)F)nc1)c1cc(Br)ccc1O. The van der Waals surface area contributed by atoms with Gasteiger partial charge in [-0.1, -0.05) is 15.9 Å². The van der Waals surface area contributed by atoms with Crippen LogP contribution in [-0.2, 0) is 6.18 Å². The van der Waals surface area contributed by atoms with Crippen LogP contribution < -0.4 is 5.32 Å². The number of phenolic OH excluding ortho intramolecular Hbond substituents is 1. The number of phenols is 1. The van der Waals surface area contributed by atoms with Crippen molar-refractivity contribution >= 4 is 27.5 Å². The molecule has 1 amide bonds. The van der Waals surface area contributed by atoms with Crippen molar-refractivity contribution in [2.75, 3.05) is 5.32 Å². The highest BCUT2D eigenvalue weighted by Crippen LogP contribution is 2.28. The van der Waals surface area contributed by atoms with Crippen molar-refractivity contribution in [1.82, 2.24) is 4.98 Å². The van der Waals surface area contributed by atoms with Crippen LogP contribution in [0.4, 0.5) is 18.9 Å². The Morgan fingerprint density at radius 1 is 1.24 bits per heavy atom. The predicted octanol–water partition coefficient (Wildman–Crippen LogP) is 3.82. The number of aromatic hydroxyl groups is 1. The standard InChI is InChI=1S/C13H8BrF3N2O2/c14-7-1-3-10(20)9(5-7)12(21)19-8-2-4-11(18-6-8)13(15,16)17/h1-6,20H,(H,19,21). The maximum Gasteiger partial charge on any atom is 0.433 e. The smallest absolute Gasteiger partial charge is 0.433 e. The maximum atomic E-state index is 12.4. The molecular formula is C13H8BrF3N2O2. The molecule has 0 radical (unpaired) electrons. The van der Waals surface area contributed by atoms with E-state index in [0.29, 0.717) is 4.47 Å². The quantitative estimate of drug-likeness (QED) is 0.855. The van der Waals surface area contributed by atoms with Gasteiger partial charge in [0.05, 0.1) is 17.4 Å². The molecule has 1 aromatic heterocycles. The van der Waals surface area contributed by atoms with E-state index in [4.69, 9.17) is 0 Å². The van der Waals surface area contributed by atoms with E-state index in [9.17, 15) is 23.1 Å². The van der Waals surface area contributed by atoms with Crippen molar-refractivity contribution in [3.63, 3.8) is 0 Å². The number of carbonyl (C=O) groups excluding carboxylic acids is 1. The number of pyridine rings is 1. The van der Waals surface area contributed by atoms with Crippen LogP contribution in [0.1, 0.15) is 16.1 Å². The molecule has 2 N–H and O–H groups in total. The minimum atomic E-state index is -4.54. The first-order valence-corrected chi connectivity index (χ1v) is 6.40. The zero-order valence-electron chi connectivity index (χ0n) is 10.3. The zero-order chi connectivity index (χ0) is 15.6. The summed E-state index contributed by atoms with van der Waals surface area (Å²) in [5.74, 6) is -0.897. The molecular weight excluding hydrogens is 353 g/mol. The summed E-state index contributed by atoms with van der Waals surface area (Å²) in [5, 5.41) is 11.9. The molecule has 110 valence electrons. The van der Waals surface area contributed by atoms with Gasteiger partial charge in [-0.2, -0.15) is 13.2 Å². The Labute approximate surface area is 125 Å². The van der Waals surface area contributed by atoms with E-state index in [1.807, 2.05) is 0 Å². The Kier molecular flexibility index (Phi) is 4.17. The molecule has 0 fully saturated rings. The molecule has 2 aromatic rings. The number of rotatable bonds is 2. The summed E-state index contributed by atoms with van der Waals surface area (Å²) >= 11 is 3.15. The summed E-state index contributed by atoms with van der Waals surface area (Å²) in [6, 6.07) is 6.11. The second kappa shape index (κ2) is 5.72. The number of nitrogens with zero attached hydrogens (tertiary/aromatic N) is 1. The molecule has 0 saturated heterocycles. The zero-order valence-corrected chi connectivity index (χ0v) is 11.9. The van der Waals surface area contributed by atoms with E-state index in [-0.39, 0.29) is 17.0 Å². The molecule has 0 atom stereocenters. The number of anilines is 1. The van der Waals surface area contributed by atoms with E-state index in [0.717, 1.165) is 18.3 Å². The number of alkyl halides is 3. The summed E-state index contributed by atoms with van der Waals surface area (Å²) in [6.45, 7) is 0. The lowest BCUT2D eigenvalue weighted by Gasteiger charge is -2.09. The predicted molar refractivity (Wildman–Crippen MR) is 73.0 cm³/mol. The van der Waals surface area contributed by atoms with Crippen molar-refractivity contribution in [2.45, 2.75) is 6.18 Å². The summed E-state index contributed by atoms with van der Waals surface area (Å²) < 4.78 is 37.6. The minimum Gasteiger partial charge on any atom is -0.507 e. The highest BCUT2D eigenvalue weighted by atomic mass is 79.9. The monoisotopic (exact) mass is 360 g/mol. The van der Waals surface area contributed by atoms with Crippen LogP contribution in [0.15, 0.2) is 41.0 Å². The molecule has 0 unspecified atom stereocenters. The van der Waals surface area contributed by atoms with Gasteiger partial charge in [0.15, 0.2) is 0 Å². The van der Waals surface area contributed by atoms with E-state index in [1.165, 1.54) is 12.1 Å². The minimum absolute atomic E-state index is 0.00993. The number of halogens is 4. The van der Waals surface area contributed by atoms with Gasteiger partial charge >= 0.3 is 6.18 Å². The van der Waals surface area contributed by atoms with Gasteiger partial charge in [0.25, 0.3) is 5.91 Å². The fourth-order valence-corrected chi connectivity index (χ4v) is 1.89. The van der Waals surface area contributed by atoms with Crippen LogP contribution in [0, 0.1) is 0 Å². The second-order valence-corrected chi connectivity index (χ2v) is 4.96. The van der Waals surface area contributed by atoms with Gasteiger partial charge < -0.3 is 10.4 Å². The van der Waals surface area contributed by atoms with Crippen molar-refractivity contribution in [3.8, 4) is 5.75 Å². The van der Waals surface area contributed by atoms with Gasteiger partial charge in [0, 0.05) is 4.47 Å². The van der Waals surface area contributed by atoms with E-state index in [2.05, 4.69) is 26.2 Å². The second-order valence-electron chi connectivity index (χ2n) is 4.05. The van der Waals surface area contributed by atoms with Crippen molar-refractivity contribution in [2.24, 2.45) is 0 Å². The van der Waals surface area contributed by atoms with Crippen LogP contribution >= 0.6 is 15.9 Å². The number of hydrogen-bond acceptors (Lipinski definition) is 3. The van der Waals surface area contributed by atoms with Crippen LogP contribution in [0.3, 0.4) is 0 Å². The Morgan fingerprint density at radius 3 is 2.52 bits per heavy atom. The number of nitrogens with one attached hydrogen (secondary N) is 1. The number of aromatic nitrogens is 1. The summed E-state index contributed by atoms with van der Waals surface area (Å²) in [4.78, 5) is 15.2. The van der Waals surface area contributed by atoms with E-state index >= 15 is 0 Å². The average molecular weight is 361 g/mol. The van der Waals surface area contributed by atoms with Gasteiger partial charge in [-0.15, -0.1) is 0 Å². The first kappa shape index (κ1) is 15.3. The van der Waals surface area contributed by atoms with Crippen molar-refractivity contribution in [3.05, 3.63) is 52.3 Å². The molecule has 0 aliphatic rings. The Bertz CT molecular complexity index is 672. The average Bonchev–Trinajstić information content (AvgIpc) is 2.41. The molecule has 0 aliphatic carbocycles. The van der Waals surface area contributed by atoms with Crippen LogP contribution in [-0.4, -0.2) is 16.0 Å². The maximum absolute atomic E-state index is 12.4. The fourth-order valence-electron chi connectivity index (χ4n) is 1.52. The number of hydrogen-bond donors (Lipinski definition) is 2. The lowest BCUT2D eigenvalue weighted by atomic mass is 10.2. The molecule has 21 heavy (non-hydrogen) atoms. The molecule has 0 bridgehead atoms. The van der Waals surface area contributed by atoms with Gasteiger partial charge in [-0.3, -0.25) is 4.79 Å². The third-order valence-electron chi connectivity index (χ3n) is 2.52. The van der Waals surface area contributed by atoms with Gasteiger partial charge in [-0.25, -0.2) is 4.98 Å². The molecule has 1 heterocycles. The van der Waals surface area contributed by atoms with Crippen molar-refractivity contribution < 1.29 is 23.1 Å². The summed E-state index contributed by atoms with van der Waals surface area (Å²) in [5.41, 5.74) is -0.970. The third-order valence-corrected chi connectivity index (χ3v) is 3.01. The molecule has 8 heteroatoms. The number of carbonyl (C=O) groups is 1. The largest absolute Gasteiger partial charge is 0.507 e. The van der Waals surface area contributed by atoms with Gasteiger partial charge in [0.2, 0.25) is 0 Å². The molecule has 2 rings (SSSR count). The Morgan fingerprint density at radius 2 is 1.95 bits per heavy atom. The Balaban J connectivity index is 2.18. The molecule has 0 spiro atoms. The molecule has 0 saturated carbocycles. The number of amides is 1. The topological polar surface area (TPSA) is 62.2 Å². The van der Waals surface area contributed by atoms with Crippen molar-refractivity contribution in [1.29, 1.82) is 0 Å². The fraction of sp³-hybridized carbons (Fsp3) is 0.0769. The summed E-state index contributed by atoms with van der Waals surface area (Å²) in [6.07, 6.45) is -3.64. The summed E-state index contributed by atoms with van der Waals surface area (Å²) in [7, 11) is 0. The lowest BCUT2D eigenvalue weighted by Crippen LogP contribution is -2.13. The molecule has 1 aromatic carbocycles. The molecule has 4 nitrogen and oxygen atoms in total. The first-order valence-electron chi connectivity index (χ1n) is 5.60. The van der Waals surface area contributed by atoms with Crippen LogP contribution in [0.25, 0.3) is 0 Å². The van der Waals surface area contributed by atoms with E-state index < -0.39 is 17.8 Å². The van der Waals surface area contributed by atoms with Gasteiger partial charge in [-0.05, 0) is 30.3 Å². The number of benzene rings is 1. The van der Waals surface area contributed by atoms with E-state index in [1.54, 1.807) is 6.07 Å². The van der Waals surface area contributed by atoms with Gasteiger partial charge in [0.1, 0.15) is 11.4 Å². The molecule has 0 aliphatic heterocycles. The highest BCUT2D eigenvalue weighted by molar-refractivity contribution is 9.10. The first-order chi connectivity index (χ1) is 9.77. The Hall–Kier alpha value is -2.09.